The molecule has 1 aliphatic heterocycles. The largest absolute Gasteiger partial charge is 0.493 e. The van der Waals surface area contributed by atoms with Crippen molar-refractivity contribution in [2.24, 2.45) is 5.92 Å². The van der Waals surface area contributed by atoms with E-state index in [1.807, 2.05) is 12.1 Å². The molecule has 0 aromatic heterocycles. The van der Waals surface area contributed by atoms with Gasteiger partial charge in [-0.15, -0.1) is 0 Å². The van der Waals surface area contributed by atoms with Gasteiger partial charge < -0.3 is 19.5 Å². The number of fused-ring (bicyclic) bond motifs is 1. The number of hydrogen-bond acceptors (Lipinski definition) is 4. The van der Waals surface area contributed by atoms with E-state index in [2.05, 4.69) is 12.2 Å². The predicted molar refractivity (Wildman–Crippen MR) is 77.4 cm³/mol. The zero-order chi connectivity index (χ0) is 13.9. The van der Waals surface area contributed by atoms with Gasteiger partial charge in [0.1, 0.15) is 0 Å². The van der Waals surface area contributed by atoms with Crippen molar-refractivity contribution in [3.8, 4) is 17.2 Å². The Kier molecular flexibility index (Phi) is 4.01. The maximum absolute atomic E-state index is 5.46. The predicted octanol–water partition coefficient (Wildman–Crippen LogP) is 3.09. The SMILES string of the molecule is COc1cc(CNC2CCCC(C)C2)cc2c1OCO2. The van der Waals surface area contributed by atoms with Gasteiger partial charge in [0.05, 0.1) is 7.11 Å². The van der Waals surface area contributed by atoms with Crippen LogP contribution >= 0.6 is 0 Å². The highest BCUT2D eigenvalue weighted by atomic mass is 16.7. The third-order valence-electron chi connectivity index (χ3n) is 4.25. The lowest BCUT2D eigenvalue weighted by atomic mass is 9.87. The molecule has 1 aromatic rings. The molecule has 20 heavy (non-hydrogen) atoms. The molecule has 1 aliphatic carbocycles. The van der Waals surface area contributed by atoms with E-state index in [0.717, 1.165) is 29.7 Å². The molecule has 0 amide bonds. The molecule has 1 saturated carbocycles. The molecule has 1 fully saturated rings. The minimum Gasteiger partial charge on any atom is -0.493 e. The molecule has 2 atom stereocenters. The first-order valence-corrected chi connectivity index (χ1v) is 7.46. The maximum atomic E-state index is 5.46. The van der Waals surface area contributed by atoms with Crippen LogP contribution in [0.2, 0.25) is 0 Å². The Labute approximate surface area is 120 Å². The summed E-state index contributed by atoms with van der Waals surface area (Å²) in [5.41, 5.74) is 1.18. The summed E-state index contributed by atoms with van der Waals surface area (Å²) in [6.45, 7) is 3.48. The fourth-order valence-electron chi connectivity index (χ4n) is 3.17. The Hall–Kier alpha value is -1.42. The highest BCUT2D eigenvalue weighted by Crippen LogP contribution is 2.41. The first-order chi connectivity index (χ1) is 9.76. The fourth-order valence-corrected chi connectivity index (χ4v) is 3.17. The molecule has 110 valence electrons. The third kappa shape index (κ3) is 2.85. The molecule has 1 N–H and O–H groups in total. The summed E-state index contributed by atoms with van der Waals surface area (Å²) in [4.78, 5) is 0. The molecule has 2 aliphatic rings. The number of methoxy groups -OCH3 is 1. The lowest BCUT2D eigenvalue weighted by Gasteiger charge is -2.27. The van der Waals surface area contributed by atoms with Crippen LogP contribution in [-0.2, 0) is 6.54 Å². The zero-order valence-corrected chi connectivity index (χ0v) is 12.3. The lowest BCUT2D eigenvalue weighted by Crippen LogP contribution is -2.33. The minimum atomic E-state index is 0.280. The first-order valence-electron chi connectivity index (χ1n) is 7.46. The van der Waals surface area contributed by atoms with Crippen molar-refractivity contribution in [1.29, 1.82) is 0 Å². The molecule has 0 bridgehead atoms. The lowest BCUT2D eigenvalue weighted by molar-refractivity contribution is 0.171. The Balaban J connectivity index is 1.65. The number of hydrogen-bond donors (Lipinski definition) is 1. The van der Waals surface area contributed by atoms with Gasteiger partial charge in [-0.25, -0.2) is 0 Å². The van der Waals surface area contributed by atoms with Crippen LogP contribution in [0.5, 0.6) is 17.2 Å². The summed E-state index contributed by atoms with van der Waals surface area (Å²) < 4.78 is 16.3. The van der Waals surface area contributed by atoms with Crippen LogP contribution in [0.15, 0.2) is 12.1 Å². The Morgan fingerprint density at radius 2 is 2.20 bits per heavy atom. The Morgan fingerprint density at radius 3 is 3.00 bits per heavy atom. The van der Waals surface area contributed by atoms with Crippen LogP contribution in [0.1, 0.15) is 38.2 Å². The second kappa shape index (κ2) is 5.92. The summed E-state index contributed by atoms with van der Waals surface area (Å²) in [5, 5.41) is 3.66. The van der Waals surface area contributed by atoms with E-state index in [1.165, 1.54) is 31.2 Å². The molecular weight excluding hydrogens is 254 g/mol. The average Bonchev–Trinajstić information content (AvgIpc) is 2.92. The van der Waals surface area contributed by atoms with Crippen LogP contribution in [0, 0.1) is 5.92 Å². The number of nitrogens with one attached hydrogen (secondary N) is 1. The van der Waals surface area contributed by atoms with Crippen LogP contribution in [-0.4, -0.2) is 19.9 Å². The molecular formula is C16H23NO3. The highest BCUT2D eigenvalue weighted by Gasteiger charge is 2.21. The highest BCUT2D eigenvalue weighted by molar-refractivity contribution is 5.55. The van der Waals surface area contributed by atoms with Crippen molar-refractivity contribution in [3.05, 3.63) is 17.7 Å². The summed E-state index contributed by atoms with van der Waals surface area (Å²) in [6, 6.07) is 4.71. The van der Waals surface area contributed by atoms with E-state index < -0.39 is 0 Å². The van der Waals surface area contributed by atoms with E-state index in [4.69, 9.17) is 14.2 Å². The molecule has 2 unspecified atom stereocenters. The molecule has 3 rings (SSSR count). The van der Waals surface area contributed by atoms with Gasteiger partial charge in [-0.1, -0.05) is 19.8 Å². The van der Waals surface area contributed by atoms with E-state index in [9.17, 15) is 0 Å². The molecule has 1 aromatic carbocycles. The summed E-state index contributed by atoms with van der Waals surface area (Å²) in [5.74, 6) is 3.11. The van der Waals surface area contributed by atoms with Crippen LogP contribution in [0.4, 0.5) is 0 Å². The van der Waals surface area contributed by atoms with E-state index in [1.54, 1.807) is 7.11 Å². The quantitative estimate of drug-likeness (QED) is 0.918. The van der Waals surface area contributed by atoms with E-state index in [0.29, 0.717) is 6.04 Å². The summed E-state index contributed by atoms with van der Waals surface area (Å²) >= 11 is 0. The van der Waals surface area contributed by atoms with Gasteiger partial charge in [0.2, 0.25) is 12.5 Å². The van der Waals surface area contributed by atoms with E-state index >= 15 is 0 Å². The van der Waals surface area contributed by atoms with Crippen LogP contribution in [0.25, 0.3) is 0 Å². The molecule has 4 heteroatoms. The normalized spacial score (nSPS) is 24.7. The average molecular weight is 277 g/mol. The smallest absolute Gasteiger partial charge is 0.231 e. The second-order valence-electron chi connectivity index (χ2n) is 5.88. The van der Waals surface area contributed by atoms with Gasteiger partial charge in [-0.3, -0.25) is 0 Å². The van der Waals surface area contributed by atoms with Crippen LogP contribution < -0.4 is 19.5 Å². The van der Waals surface area contributed by atoms with Gasteiger partial charge in [-0.2, -0.15) is 0 Å². The van der Waals surface area contributed by atoms with Crippen molar-refractivity contribution in [2.75, 3.05) is 13.9 Å². The molecule has 0 radical (unpaired) electrons. The van der Waals surface area contributed by atoms with Crippen molar-refractivity contribution < 1.29 is 14.2 Å². The Morgan fingerprint density at radius 1 is 1.30 bits per heavy atom. The van der Waals surface area contributed by atoms with Gasteiger partial charge >= 0.3 is 0 Å². The van der Waals surface area contributed by atoms with E-state index in [-0.39, 0.29) is 6.79 Å². The van der Waals surface area contributed by atoms with Crippen molar-refractivity contribution in [2.45, 2.75) is 45.2 Å². The Bertz CT molecular complexity index is 475. The van der Waals surface area contributed by atoms with Gasteiger partial charge in [0, 0.05) is 12.6 Å². The standard InChI is InChI=1S/C16H23NO3/c1-11-4-3-5-13(6-11)17-9-12-7-14(18-2)16-15(8-12)19-10-20-16/h7-8,11,13,17H,3-6,9-10H2,1-2H3. The van der Waals surface area contributed by atoms with Crippen LogP contribution in [0.3, 0.4) is 0 Å². The number of rotatable bonds is 4. The second-order valence-corrected chi connectivity index (χ2v) is 5.88. The molecule has 0 saturated heterocycles. The monoisotopic (exact) mass is 277 g/mol. The van der Waals surface area contributed by atoms with Gasteiger partial charge in [0.25, 0.3) is 0 Å². The minimum absolute atomic E-state index is 0.280. The number of benzene rings is 1. The summed E-state index contributed by atoms with van der Waals surface area (Å²) in [6.07, 6.45) is 5.27. The first kappa shape index (κ1) is 13.6. The topological polar surface area (TPSA) is 39.7 Å². The van der Waals surface area contributed by atoms with Crippen molar-refractivity contribution in [3.63, 3.8) is 0 Å². The van der Waals surface area contributed by atoms with Gasteiger partial charge in [0.15, 0.2) is 11.5 Å². The third-order valence-corrected chi connectivity index (χ3v) is 4.25. The molecule has 4 nitrogen and oxygen atoms in total. The molecule has 1 heterocycles. The van der Waals surface area contributed by atoms with Gasteiger partial charge in [-0.05, 0) is 36.5 Å². The maximum Gasteiger partial charge on any atom is 0.231 e. The fraction of sp³-hybridized carbons (Fsp3) is 0.625. The zero-order valence-electron chi connectivity index (χ0n) is 12.3. The molecule has 0 spiro atoms. The summed E-state index contributed by atoms with van der Waals surface area (Å²) in [7, 11) is 1.66. The number of ether oxygens (including phenoxy) is 3. The van der Waals surface area contributed by atoms with Crippen molar-refractivity contribution in [1.82, 2.24) is 5.32 Å². The van der Waals surface area contributed by atoms with Crippen molar-refractivity contribution >= 4 is 0 Å².